The Morgan fingerprint density at radius 3 is 2.62 bits per heavy atom. The molecule has 0 saturated carbocycles. The van der Waals surface area contributed by atoms with Gasteiger partial charge in [0.1, 0.15) is 10.6 Å². The van der Waals surface area contributed by atoms with Gasteiger partial charge in [0.25, 0.3) is 0 Å². The molecule has 0 unspecified atom stereocenters. The quantitative estimate of drug-likeness (QED) is 0.615. The first kappa shape index (κ1) is 16.7. The Hall–Kier alpha value is -2.12. The summed E-state index contributed by atoms with van der Waals surface area (Å²) < 4.78 is 23.8. The zero-order valence-corrected chi connectivity index (χ0v) is 14.5. The zero-order valence-electron chi connectivity index (χ0n) is 12.9. The number of para-hydroxylation sites is 1. The minimum Gasteiger partial charge on any atom is -0.361 e. The van der Waals surface area contributed by atoms with Crippen molar-refractivity contribution >= 4 is 32.8 Å². The highest BCUT2D eigenvalue weighted by atomic mass is 35.5. The molecule has 126 valence electrons. The molecular formula is C16H15ClN2O4S. The Morgan fingerprint density at radius 2 is 1.96 bits per heavy atom. The van der Waals surface area contributed by atoms with Crippen LogP contribution in [0, 0.1) is 10.1 Å². The van der Waals surface area contributed by atoms with Gasteiger partial charge < -0.3 is 4.90 Å². The van der Waals surface area contributed by atoms with Gasteiger partial charge in [0.15, 0.2) is 9.84 Å². The predicted molar refractivity (Wildman–Crippen MR) is 92.4 cm³/mol. The molecule has 0 N–H and O–H groups in total. The first-order chi connectivity index (χ1) is 11.3. The molecule has 0 saturated heterocycles. The summed E-state index contributed by atoms with van der Waals surface area (Å²) in [4.78, 5) is 12.5. The summed E-state index contributed by atoms with van der Waals surface area (Å²) in [6.45, 7) is 1.02. The molecule has 0 atom stereocenters. The van der Waals surface area contributed by atoms with Crippen LogP contribution in [0.5, 0.6) is 0 Å². The third-order valence-electron chi connectivity index (χ3n) is 4.08. The van der Waals surface area contributed by atoms with Crippen molar-refractivity contribution in [1.29, 1.82) is 0 Å². The number of fused-ring (bicyclic) bond motifs is 1. The van der Waals surface area contributed by atoms with Crippen LogP contribution in [-0.4, -0.2) is 26.1 Å². The molecule has 0 aromatic heterocycles. The maximum Gasteiger partial charge on any atom is 0.311 e. The van der Waals surface area contributed by atoms with Crippen molar-refractivity contribution in [2.24, 2.45) is 0 Å². The number of hydrogen-bond acceptors (Lipinski definition) is 5. The summed E-state index contributed by atoms with van der Waals surface area (Å²) in [6.07, 6.45) is 1.69. The van der Waals surface area contributed by atoms with Crippen molar-refractivity contribution in [2.45, 2.75) is 17.9 Å². The smallest absolute Gasteiger partial charge is 0.311 e. The van der Waals surface area contributed by atoms with Crippen LogP contribution in [0.15, 0.2) is 41.3 Å². The molecule has 0 aliphatic carbocycles. The van der Waals surface area contributed by atoms with Crippen LogP contribution in [0.4, 0.5) is 11.4 Å². The van der Waals surface area contributed by atoms with E-state index in [2.05, 4.69) is 0 Å². The van der Waals surface area contributed by atoms with Crippen LogP contribution in [-0.2, 0) is 22.8 Å². The second kappa shape index (κ2) is 6.07. The van der Waals surface area contributed by atoms with E-state index in [9.17, 15) is 18.5 Å². The van der Waals surface area contributed by atoms with Gasteiger partial charge in [-0.3, -0.25) is 10.1 Å². The third-order valence-corrected chi connectivity index (χ3v) is 5.44. The Balaban J connectivity index is 2.09. The molecule has 0 spiro atoms. The molecule has 24 heavy (non-hydrogen) atoms. The van der Waals surface area contributed by atoms with Gasteiger partial charge in [0.05, 0.1) is 4.92 Å². The molecule has 0 radical (unpaired) electrons. The number of anilines is 1. The largest absolute Gasteiger partial charge is 0.361 e. The van der Waals surface area contributed by atoms with E-state index >= 15 is 0 Å². The monoisotopic (exact) mass is 366 g/mol. The fraction of sp³-hybridized carbons (Fsp3) is 0.250. The molecule has 0 fully saturated rings. The van der Waals surface area contributed by atoms with Gasteiger partial charge in [0, 0.05) is 24.4 Å². The van der Waals surface area contributed by atoms with Crippen LogP contribution in [0.2, 0.25) is 5.02 Å². The normalized spacial score (nSPS) is 14.3. The molecule has 8 heteroatoms. The van der Waals surface area contributed by atoms with Gasteiger partial charge in [-0.25, -0.2) is 8.42 Å². The average Bonchev–Trinajstić information content (AvgIpc) is 2.52. The number of nitro groups is 1. The van der Waals surface area contributed by atoms with Gasteiger partial charge in [0.2, 0.25) is 0 Å². The average molecular weight is 367 g/mol. The maximum atomic E-state index is 11.9. The van der Waals surface area contributed by atoms with E-state index in [1.807, 2.05) is 23.1 Å². The van der Waals surface area contributed by atoms with Crippen molar-refractivity contribution in [3.8, 4) is 0 Å². The highest BCUT2D eigenvalue weighted by Crippen LogP contribution is 2.37. The highest BCUT2D eigenvalue weighted by molar-refractivity contribution is 7.90. The lowest BCUT2D eigenvalue weighted by atomic mass is 9.99. The summed E-state index contributed by atoms with van der Waals surface area (Å²) in [5, 5.41) is 12.1. The van der Waals surface area contributed by atoms with Crippen molar-refractivity contribution < 1.29 is 13.3 Å². The Kier molecular flexibility index (Phi) is 4.23. The van der Waals surface area contributed by atoms with Crippen LogP contribution in [0.25, 0.3) is 0 Å². The molecule has 6 nitrogen and oxygen atoms in total. The Labute approximate surface area is 144 Å². The fourth-order valence-electron chi connectivity index (χ4n) is 2.98. The van der Waals surface area contributed by atoms with Gasteiger partial charge in [-0.1, -0.05) is 23.7 Å². The minimum atomic E-state index is -3.70. The van der Waals surface area contributed by atoms with E-state index in [0.717, 1.165) is 17.4 Å². The van der Waals surface area contributed by atoms with Gasteiger partial charge in [-0.2, -0.15) is 0 Å². The van der Waals surface area contributed by atoms with E-state index in [-0.39, 0.29) is 10.6 Å². The van der Waals surface area contributed by atoms with E-state index in [1.165, 1.54) is 12.1 Å². The summed E-state index contributed by atoms with van der Waals surface area (Å²) in [6, 6.07) is 10.0. The summed E-state index contributed by atoms with van der Waals surface area (Å²) in [5.74, 6) is 0. The van der Waals surface area contributed by atoms with E-state index < -0.39 is 14.8 Å². The third kappa shape index (κ3) is 3.09. The highest BCUT2D eigenvalue weighted by Gasteiger charge is 2.30. The van der Waals surface area contributed by atoms with Gasteiger partial charge in [-0.05, 0) is 41.8 Å². The van der Waals surface area contributed by atoms with Crippen molar-refractivity contribution in [2.75, 3.05) is 17.7 Å². The number of nitrogens with zero attached hydrogens (tertiary/aromatic N) is 2. The lowest BCUT2D eigenvalue weighted by Gasteiger charge is -2.30. The summed E-state index contributed by atoms with van der Waals surface area (Å²) in [7, 11) is -3.70. The van der Waals surface area contributed by atoms with Gasteiger partial charge in [-0.15, -0.1) is 0 Å². The first-order valence-corrected chi connectivity index (χ1v) is 9.54. The Morgan fingerprint density at radius 1 is 1.21 bits per heavy atom. The molecule has 2 aromatic rings. The van der Waals surface area contributed by atoms with E-state index in [4.69, 9.17) is 11.6 Å². The van der Waals surface area contributed by atoms with Crippen LogP contribution >= 0.6 is 11.6 Å². The number of sulfone groups is 1. The molecule has 2 aromatic carbocycles. The summed E-state index contributed by atoms with van der Waals surface area (Å²) in [5.41, 5.74) is 2.09. The minimum absolute atomic E-state index is 0.262. The molecular weight excluding hydrogens is 352 g/mol. The SMILES string of the molecule is CS(=O)(=O)c1cccc(N2CCc3ccc(Cl)cc3C2)c1[N+](=O)[O-]. The van der Waals surface area contributed by atoms with Crippen LogP contribution in [0.3, 0.4) is 0 Å². The molecule has 0 bridgehead atoms. The second-order valence-electron chi connectivity index (χ2n) is 5.74. The van der Waals surface area contributed by atoms with E-state index in [1.54, 1.807) is 6.07 Å². The number of halogens is 1. The lowest BCUT2D eigenvalue weighted by Crippen LogP contribution is -2.31. The van der Waals surface area contributed by atoms with Crippen molar-refractivity contribution in [3.63, 3.8) is 0 Å². The number of benzene rings is 2. The topological polar surface area (TPSA) is 80.5 Å². The first-order valence-electron chi connectivity index (χ1n) is 7.27. The maximum absolute atomic E-state index is 11.9. The van der Waals surface area contributed by atoms with E-state index in [0.29, 0.717) is 30.2 Å². The lowest BCUT2D eigenvalue weighted by molar-refractivity contribution is -0.387. The molecule has 0 amide bonds. The Bertz CT molecular complexity index is 928. The number of rotatable bonds is 3. The van der Waals surface area contributed by atoms with Crippen LogP contribution in [0.1, 0.15) is 11.1 Å². The molecule has 1 aliphatic rings. The fourth-order valence-corrected chi connectivity index (χ4v) is 4.03. The van der Waals surface area contributed by atoms with Crippen molar-refractivity contribution in [3.05, 3.63) is 62.7 Å². The number of hydrogen-bond donors (Lipinski definition) is 0. The number of nitro benzene ring substituents is 1. The summed E-state index contributed by atoms with van der Waals surface area (Å²) >= 11 is 6.03. The van der Waals surface area contributed by atoms with Crippen LogP contribution < -0.4 is 4.90 Å². The molecule has 3 rings (SSSR count). The van der Waals surface area contributed by atoms with Crippen molar-refractivity contribution in [1.82, 2.24) is 0 Å². The second-order valence-corrected chi connectivity index (χ2v) is 8.16. The molecule has 1 heterocycles. The predicted octanol–water partition coefficient (Wildman–Crippen LogP) is 3.21. The molecule has 1 aliphatic heterocycles. The van der Waals surface area contributed by atoms with Gasteiger partial charge >= 0.3 is 5.69 Å². The zero-order chi connectivity index (χ0) is 17.5. The standard InChI is InChI=1S/C16H15ClN2O4S/c1-24(22,23)15-4-2-3-14(16(15)19(20)21)18-8-7-11-5-6-13(17)9-12(11)10-18/h2-6,9H,7-8,10H2,1H3.